The second kappa shape index (κ2) is 10.1. The molecule has 146 valence electrons. The van der Waals surface area contributed by atoms with E-state index >= 15 is 0 Å². The number of carbonyl (C=O) groups excluding carboxylic acids is 3. The average molecular weight is 375 g/mol. The van der Waals surface area contributed by atoms with Gasteiger partial charge in [-0.05, 0) is 6.42 Å². The summed E-state index contributed by atoms with van der Waals surface area (Å²) in [5, 5.41) is 8.13. The first-order valence-electron chi connectivity index (χ1n) is 8.79. The van der Waals surface area contributed by atoms with Crippen molar-refractivity contribution in [3.63, 3.8) is 0 Å². The summed E-state index contributed by atoms with van der Waals surface area (Å²) in [6.45, 7) is 3.79. The number of H-pyrrole nitrogens is 2. The lowest BCUT2D eigenvalue weighted by Gasteiger charge is -2.22. The Hall–Kier alpha value is -3.17. The van der Waals surface area contributed by atoms with Crippen molar-refractivity contribution in [1.82, 2.24) is 35.9 Å². The van der Waals surface area contributed by atoms with Gasteiger partial charge in [0.15, 0.2) is 0 Å². The van der Waals surface area contributed by atoms with Crippen molar-refractivity contribution >= 4 is 17.7 Å². The molecule has 0 aliphatic rings. The Labute approximate surface area is 156 Å². The van der Waals surface area contributed by atoms with Crippen LogP contribution in [0.4, 0.5) is 0 Å². The van der Waals surface area contributed by atoms with Gasteiger partial charge in [-0.3, -0.25) is 14.4 Å². The summed E-state index contributed by atoms with van der Waals surface area (Å²) in [6.07, 6.45) is 7.47. The van der Waals surface area contributed by atoms with E-state index in [0.29, 0.717) is 12.2 Å². The molecular weight excluding hydrogens is 350 g/mol. The largest absolute Gasteiger partial charge is 0.354 e. The Morgan fingerprint density at radius 1 is 0.963 bits per heavy atom. The van der Waals surface area contributed by atoms with Crippen molar-refractivity contribution in [2.75, 3.05) is 6.54 Å². The van der Waals surface area contributed by atoms with Crippen molar-refractivity contribution in [2.24, 2.45) is 0 Å². The summed E-state index contributed by atoms with van der Waals surface area (Å²) >= 11 is 0. The highest BCUT2D eigenvalue weighted by molar-refractivity contribution is 5.92. The number of carbonyl (C=O) groups is 3. The highest BCUT2D eigenvalue weighted by Crippen LogP contribution is 2.03. The van der Waals surface area contributed by atoms with E-state index < -0.39 is 18.0 Å². The fraction of sp³-hybridized carbons (Fsp3) is 0.471. The minimum absolute atomic E-state index is 0.235. The van der Waals surface area contributed by atoms with Gasteiger partial charge in [-0.15, -0.1) is 0 Å². The van der Waals surface area contributed by atoms with Gasteiger partial charge in [0.1, 0.15) is 12.1 Å². The standard InChI is InChI=1S/C17H25N7O3/c1-3-4-20-16(26)14(5-12-7-18-9-21-12)24-17(27)15(23-11(2)25)6-13-8-19-10-22-13/h7-10,14-15H,3-6H2,1-2H3,(H,18,21)(H,19,22)(H,20,26)(H,23,25)(H,24,27)/t14-,15+/m0/s1. The van der Waals surface area contributed by atoms with Gasteiger partial charge in [0, 0.05) is 50.1 Å². The molecule has 2 atom stereocenters. The molecule has 0 unspecified atom stereocenters. The third-order valence-corrected chi connectivity index (χ3v) is 3.83. The topological polar surface area (TPSA) is 145 Å². The van der Waals surface area contributed by atoms with Crippen molar-refractivity contribution in [3.05, 3.63) is 36.4 Å². The van der Waals surface area contributed by atoms with E-state index in [1.807, 2.05) is 6.92 Å². The van der Waals surface area contributed by atoms with E-state index in [1.165, 1.54) is 19.6 Å². The van der Waals surface area contributed by atoms with Crippen LogP contribution in [0.15, 0.2) is 25.0 Å². The number of imidazole rings is 2. The van der Waals surface area contributed by atoms with Crippen LogP contribution in [0, 0.1) is 0 Å². The van der Waals surface area contributed by atoms with Gasteiger partial charge in [0.05, 0.1) is 12.7 Å². The molecule has 27 heavy (non-hydrogen) atoms. The Bertz CT molecular complexity index is 728. The molecular formula is C17H25N7O3. The van der Waals surface area contributed by atoms with Gasteiger partial charge < -0.3 is 25.9 Å². The minimum Gasteiger partial charge on any atom is -0.354 e. The normalized spacial score (nSPS) is 12.8. The molecule has 2 aromatic heterocycles. The van der Waals surface area contributed by atoms with Crippen molar-refractivity contribution in [1.29, 1.82) is 0 Å². The zero-order valence-electron chi connectivity index (χ0n) is 15.4. The number of nitrogens with zero attached hydrogens (tertiary/aromatic N) is 2. The molecule has 5 N–H and O–H groups in total. The molecule has 0 fully saturated rings. The van der Waals surface area contributed by atoms with Gasteiger partial charge in [-0.25, -0.2) is 9.97 Å². The summed E-state index contributed by atoms with van der Waals surface area (Å²) in [7, 11) is 0. The molecule has 0 spiro atoms. The van der Waals surface area contributed by atoms with Crippen molar-refractivity contribution in [3.8, 4) is 0 Å². The Morgan fingerprint density at radius 2 is 1.52 bits per heavy atom. The molecule has 3 amide bonds. The molecule has 0 radical (unpaired) electrons. The van der Waals surface area contributed by atoms with Gasteiger partial charge in [0.25, 0.3) is 0 Å². The van der Waals surface area contributed by atoms with E-state index in [4.69, 9.17) is 0 Å². The highest BCUT2D eigenvalue weighted by Gasteiger charge is 2.27. The number of amides is 3. The smallest absolute Gasteiger partial charge is 0.243 e. The van der Waals surface area contributed by atoms with Crippen LogP contribution in [0.2, 0.25) is 0 Å². The summed E-state index contributed by atoms with van der Waals surface area (Å²) < 4.78 is 0. The van der Waals surface area contributed by atoms with Crippen LogP contribution in [0.5, 0.6) is 0 Å². The van der Waals surface area contributed by atoms with E-state index in [2.05, 4.69) is 35.9 Å². The Balaban J connectivity index is 2.09. The second-order valence-electron chi connectivity index (χ2n) is 6.17. The molecule has 0 saturated carbocycles. The van der Waals surface area contributed by atoms with Gasteiger partial charge >= 0.3 is 0 Å². The lowest BCUT2D eigenvalue weighted by Crippen LogP contribution is -2.55. The number of nitrogens with one attached hydrogen (secondary N) is 5. The first-order valence-corrected chi connectivity index (χ1v) is 8.79. The maximum atomic E-state index is 12.8. The van der Waals surface area contributed by atoms with Crippen molar-refractivity contribution < 1.29 is 14.4 Å². The zero-order chi connectivity index (χ0) is 19.6. The average Bonchev–Trinajstić information content (AvgIpc) is 3.32. The molecule has 0 aromatic carbocycles. The minimum atomic E-state index is -0.828. The maximum Gasteiger partial charge on any atom is 0.243 e. The molecule has 0 saturated heterocycles. The monoisotopic (exact) mass is 375 g/mol. The van der Waals surface area contributed by atoms with Crippen LogP contribution in [0.1, 0.15) is 31.7 Å². The molecule has 0 aliphatic carbocycles. The first-order chi connectivity index (χ1) is 13.0. The third kappa shape index (κ3) is 6.57. The second-order valence-corrected chi connectivity index (χ2v) is 6.17. The van der Waals surface area contributed by atoms with Crippen LogP contribution in [-0.4, -0.2) is 56.3 Å². The molecule has 2 aromatic rings. The van der Waals surface area contributed by atoms with Crippen LogP contribution in [-0.2, 0) is 27.2 Å². The number of hydrogen-bond donors (Lipinski definition) is 5. The Kier molecular flexibility index (Phi) is 7.53. The highest BCUT2D eigenvalue weighted by atomic mass is 16.2. The number of hydrogen-bond acceptors (Lipinski definition) is 5. The molecule has 0 aliphatic heterocycles. The predicted octanol–water partition coefficient (Wildman–Crippen LogP) is -0.566. The van der Waals surface area contributed by atoms with Crippen LogP contribution >= 0.6 is 0 Å². The van der Waals surface area contributed by atoms with Gasteiger partial charge in [0.2, 0.25) is 17.7 Å². The van der Waals surface area contributed by atoms with E-state index in [-0.39, 0.29) is 24.7 Å². The van der Waals surface area contributed by atoms with Crippen LogP contribution in [0.3, 0.4) is 0 Å². The van der Waals surface area contributed by atoms with Gasteiger partial charge in [-0.1, -0.05) is 6.92 Å². The molecule has 2 heterocycles. The van der Waals surface area contributed by atoms with E-state index in [9.17, 15) is 14.4 Å². The summed E-state index contributed by atoms with van der Waals surface area (Å²) in [5.74, 6) is -1.07. The SMILES string of the molecule is CCCNC(=O)[C@H](Cc1cnc[nH]1)NC(=O)[C@@H](Cc1cnc[nH]1)NC(C)=O. The molecule has 0 bridgehead atoms. The van der Waals surface area contributed by atoms with Crippen LogP contribution < -0.4 is 16.0 Å². The zero-order valence-corrected chi connectivity index (χ0v) is 15.4. The first kappa shape index (κ1) is 20.1. The molecule has 10 nitrogen and oxygen atoms in total. The summed E-state index contributed by atoms with van der Waals surface area (Å²) in [6, 6.07) is -1.62. The fourth-order valence-electron chi connectivity index (χ4n) is 2.54. The molecule has 10 heteroatoms. The fourth-order valence-corrected chi connectivity index (χ4v) is 2.54. The van der Waals surface area contributed by atoms with E-state index in [1.54, 1.807) is 12.4 Å². The number of rotatable bonds is 10. The van der Waals surface area contributed by atoms with Crippen LogP contribution in [0.25, 0.3) is 0 Å². The summed E-state index contributed by atoms with van der Waals surface area (Å²) in [5.41, 5.74) is 1.42. The number of aromatic amines is 2. The molecule has 2 rings (SSSR count). The van der Waals surface area contributed by atoms with Gasteiger partial charge in [-0.2, -0.15) is 0 Å². The number of aromatic nitrogens is 4. The maximum absolute atomic E-state index is 12.8. The lowest BCUT2D eigenvalue weighted by molar-refractivity contribution is -0.131. The Morgan fingerprint density at radius 3 is 1.96 bits per heavy atom. The third-order valence-electron chi connectivity index (χ3n) is 3.83. The van der Waals surface area contributed by atoms with E-state index in [0.717, 1.165) is 12.1 Å². The quantitative estimate of drug-likeness (QED) is 0.378. The predicted molar refractivity (Wildman–Crippen MR) is 97.4 cm³/mol. The lowest BCUT2D eigenvalue weighted by atomic mass is 10.1. The summed E-state index contributed by atoms with van der Waals surface area (Å²) in [4.78, 5) is 50.4. The van der Waals surface area contributed by atoms with Crippen molar-refractivity contribution in [2.45, 2.75) is 45.2 Å².